The van der Waals surface area contributed by atoms with Crippen molar-refractivity contribution in [2.24, 2.45) is 0 Å². The Morgan fingerprint density at radius 2 is 1.17 bits per heavy atom. The molecule has 2 rings (SSSR count). The minimum absolute atomic E-state index is 0.0295. The van der Waals surface area contributed by atoms with E-state index in [2.05, 4.69) is 13.2 Å². The number of carbonyl (C=O) groups excluding carboxylic acids is 2. The molecular formula is C18H12F2O4. The van der Waals surface area contributed by atoms with E-state index in [9.17, 15) is 18.4 Å². The summed E-state index contributed by atoms with van der Waals surface area (Å²) >= 11 is 0. The van der Waals surface area contributed by atoms with Crippen molar-refractivity contribution in [1.29, 1.82) is 0 Å². The highest BCUT2D eigenvalue weighted by Gasteiger charge is 2.13. The zero-order valence-electron chi connectivity index (χ0n) is 12.4. The number of carbonyl (C=O) groups is 2. The van der Waals surface area contributed by atoms with E-state index in [1.165, 1.54) is 24.3 Å². The van der Waals surface area contributed by atoms with Gasteiger partial charge in [-0.05, 0) is 24.3 Å². The lowest BCUT2D eigenvalue weighted by Crippen LogP contribution is -2.04. The van der Waals surface area contributed by atoms with Crippen molar-refractivity contribution in [2.75, 3.05) is 0 Å². The van der Waals surface area contributed by atoms with Crippen molar-refractivity contribution in [3.63, 3.8) is 0 Å². The second-order valence-electron chi connectivity index (χ2n) is 4.53. The van der Waals surface area contributed by atoms with Gasteiger partial charge in [0.05, 0.1) is 0 Å². The lowest BCUT2D eigenvalue weighted by Gasteiger charge is -2.09. The van der Waals surface area contributed by atoms with E-state index in [1.807, 2.05) is 0 Å². The monoisotopic (exact) mass is 330 g/mol. The summed E-state index contributed by atoms with van der Waals surface area (Å²) < 4.78 is 37.9. The Bertz CT molecular complexity index is 758. The van der Waals surface area contributed by atoms with Gasteiger partial charge in [0.25, 0.3) is 0 Å². The van der Waals surface area contributed by atoms with Crippen LogP contribution in [0.4, 0.5) is 8.78 Å². The molecule has 0 aliphatic heterocycles. The van der Waals surface area contributed by atoms with Crippen LogP contribution in [-0.2, 0) is 9.59 Å². The Morgan fingerprint density at radius 1 is 0.792 bits per heavy atom. The van der Waals surface area contributed by atoms with Crippen molar-refractivity contribution in [2.45, 2.75) is 0 Å². The van der Waals surface area contributed by atoms with Gasteiger partial charge in [-0.25, -0.2) is 18.4 Å². The number of hydrogen-bond donors (Lipinski definition) is 0. The molecule has 0 radical (unpaired) electrons. The van der Waals surface area contributed by atoms with E-state index in [-0.39, 0.29) is 22.6 Å². The maximum absolute atomic E-state index is 14.2. The smallest absolute Gasteiger partial charge is 0.335 e. The molecule has 0 aromatic heterocycles. The number of rotatable bonds is 5. The lowest BCUT2D eigenvalue weighted by molar-refractivity contribution is -0.129. The van der Waals surface area contributed by atoms with E-state index in [0.717, 1.165) is 24.3 Å². The molecule has 0 fully saturated rings. The number of hydrogen-bond acceptors (Lipinski definition) is 4. The first kappa shape index (κ1) is 17.1. The van der Waals surface area contributed by atoms with Crippen LogP contribution in [0.25, 0.3) is 11.1 Å². The number of halogens is 2. The predicted molar refractivity (Wildman–Crippen MR) is 83.5 cm³/mol. The predicted octanol–water partition coefficient (Wildman–Crippen LogP) is 3.81. The normalized spacial score (nSPS) is 9.92. The molecule has 122 valence electrons. The minimum atomic E-state index is -0.779. The van der Waals surface area contributed by atoms with Crippen LogP contribution in [0.5, 0.6) is 11.5 Å². The molecule has 0 bridgehead atoms. The third-order valence-electron chi connectivity index (χ3n) is 2.94. The highest BCUT2D eigenvalue weighted by atomic mass is 19.1. The summed E-state index contributed by atoms with van der Waals surface area (Å²) in [4.78, 5) is 22.2. The Hall–Kier alpha value is -3.28. The van der Waals surface area contributed by atoms with Crippen molar-refractivity contribution < 1.29 is 27.8 Å². The minimum Gasteiger partial charge on any atom is -0.423 e. The van der Waals surface area contributed by atoms with Crippen molar-refractivity contribution >= 4 is 11.9 Å². The maximum Gasteiger partial charge on any atom is 0.335 e. The maximum atomic E-state index is 14.2. The van der Waals surface area contributed by atoms with Crippen molar-refractivity contribution in [3.05, 3.63) is 73.3 Å². The van der Waals surface area contributed by atoms with Gasteiger partial charge in [0.2, 0.25) is 0 Å². The SMILES string of the molecule is C=CC(=O)Oc1ccc(-c2ccc(OC(=O)C=C)cc2F)c(F)c1. The summed E-state index contributed by atoms with van der Waals surface area (Å²) in [6, 6.07) is 7.11. The molecule has 0 unspecified atom stereocenters. The summed E-state index contributed by atoms with van der Waals surface area (Å²) in [5.41, 5.74) is -0.0694. The zero-order chi connectivity index (χ0) is 17.7. The quantitative estimate of drug-likeness (QED) is 0.475. The first-order valence-electron chi connectivity index (χ1n) is 6.72. The summed E-state index contributed by atoms with van der Waals surface area (Å²) in [5.74, 6) is -3.09. The molecule has 0 saturated carbocycles. The van der Waals surface area contributed by atoms with E-state index >= 15 is 0 Å². The fourth-order valence-electron chi connectivity index (χ4n) is 1.87. The average molecular weight is 330 g/mol. The summed E-state index contributed by atoms with van der Waals surface area (Å²) in [7, 11) is 0. The Morgan fingerprint density at radius 3 is 1.46 bits per heavy atom. The number of ether oxygens (including phenoxy) is 2. The molecule has 0 atom stereocenters. The molecule has 6 heteroatoms. The molecular weight excluding hydrogens is 318 g/mol. The van der Waals surface area contributed by atoms with Crippen LogP contribution in [0.3, 0.4) is 0 Å². The molecule has 0 saturated heterocycles. The Balaban J connectivity index is 2.31. The van der Waals surface area contributed by atoms with Crippen LogP contribution in [-0.4, -0.2) is 11.9 Å². The van der Waals surface area contributed by atoms with Gasteiger partial charge >= 0.3 is 11.9 Å². The molecule has 24 heavy (non-hydrogen) atoms. The first-order chi connectivity index (χ1) is 11.4. The van der Waals surface area contributed by atoms with Gasteiger partial charge in [-0.15, -0.1) is 0 Å². The summed E-state index contributed by atoms with van der Waals surface area (Å²) in [5, 5.41) is 0. The fraction of sp³-hybridized carbons (Fsp3) is 0. The van der Waals surface area contributed by atoms with Gasteiger partial charge in [-0.1, -0.05) is 13.2 Å². The average Bonchev–Trinajstić information content (AvgIpc) is 2.55. The molecule has 4 nitrogen and oxygen atoms in total. The van der Waals surface area contributed by atoms with Gasteiger partial charge in [-0.2, -0.15) is 0 Å². The van der Waals surface area contributed by atoms with Gasteiger partial charge in [0.15, 0.2) is 0 Å². The van der Waals surface area contributed by atoms with Crippen molar-refractivity contribution in [1.82, 2.24) is 0 Å². The van der Waals surface area contributed by atoms with Crippen molar-refractivity contribution in [3.8, 4) is 22.6 Å². The third kappa shape index (κ3) is 3.92. The summed E-state index contributed by atoms with van der Waals surface area (Å²) in [6.07, 6.45) is 1.88. The second-order valence-corrected chi connectivity index (χ2v) is 4.53. The van der Waals surface area contributed by atoms with Crippen LogP contribution in [0, 0.1) is 11.6 Å². The largest absolute Gasteiger partial charge is 0.423 e. The third-order valence-corrected chi connectivity index (χ3v) is 2.94. The number of esters is 2. The molecule has 2 aromatic carbocycles. The highest BCUT2D eigenvalue weighted by molar-refractivity contribution is 5.84. The van der Waals surface area contributed by atoms with Crippen LogP contribution in [0.1, 0.15) is 0 Å². The standard InChI is InChI=1S/C18H12F2O4/c1-3-17(21)23-11-5-7-13(15(19)9-11)14-8-6-12(10-16(14)20)24-18(22)4-2/h3-10H,1-2H2. The topological polar surface area (TPSA) is 52.6 Å². The molecule has 0 aliphatic rings. The van der Waals surface area contributed by atoms with Crippen LogP contribution in [0.15, 0.2) is 61.7 Å². The first-order valence-corrected chi connectivity index (χ1v) is 6.72. The Kier molecular flexibility index (Phi) is 5.21. The summed E-state index contributed by atoms with van der Waals surface area (Å²) in [6.45, 7) is 6.46. The molecule has 0 aliphatic carbocycles. The van der Waals surface area contributed by atoms with Crippen LogP contribution >= 0.6 is 0 Å². The van der Waals surface area contributed by atoms with E-state index in [0.29, 0.717) is 0 Å². The molecule has 0 spiro atoms. The second kappa shape index (κ2) is 7.32. The molecule has 0 N–H and O–H groups in total. The Labute approximate surface area is 136 Å². The van der Waals surface area contributed by atoms with Gasteiger partial charge in [0, 0.05) is 35.4 Å². The van der Waals surface area contributed by atoms with Gasteiger partial charge in [-0.3, -0.25) is 0 Å². The zero-order valence-corrected chi connectivity index (χ0v) is 12.4. The fourth-order valence-corrected chi connectivity index (χ4v) is 1.87. The highest BCUT2D eigenvalue weighted by Crippen LogP contribution is 2.30. The van der Waals surface area contributed by atoms with Crippen LogP contribution < -0.4 is 9.47 Å². The van der Waals surface area contributed by atoms with E-state index in [4.69, 9.17) is 9.47 Å². The molecule has 0 amide bonds. The lowest BCUT2D eigenvalue weighted by atomic mass is 10.0. The van der Waals surface area contributed by atoms with E-state index in [1.54, 1.807) is 0 Å². The van der Waals surface area contributed by atoms with Gasteiger partial charge in [0.1, 0.15) is 23.1 Å². The number of benzene rings is 2. The molecule has 2 aromatic rings. The van der Waals surface area contributed by atoms with E-state index < -0.39 is 23.6 Å². The van der Waals surface area contributed by atoms with Crippen LogP contribution in [0.2, 0.25) is 0 Å². The molecule has 0 heterocycles. The van der Waals surface area contributed by atoms with Gasteiger partial charge < -0.3 is 9.47 Å².